The largest absolute Gasteiger partial charge is 0.496 e. The van der Waals surface area contributed by atoms with Crippen LogP contribution in [0.1, 0.15) is 44.1 Å². The summed E-state index contributed by atoms with van der Waals surface area (Å²) in [6.07, 6.45) is 4.66. The van der Waals surface area contributed by atoms with Crippen molar-refractivity contribution in [1.82, 2.24) is 5.32 Å². The molecule has 0 bridgehead atoms. The highest BCUT2D eigenvalue weighted by atomic mass is 16.5. The Kier molecular flexibility index (Phi) is 5.86. The average Bonchev–Trinajstić information content (AvgIpc) is 2.45. The molecule has 0 spiro atoms. The highest BCUT2D eigenvalue weighted by Crippen LogP contribution is 2.40. The summed E-state index contributed by atoms with van der Waals surface area (Å²) in [5, 5.41) is 12.6. The van der Waals surface area contributed by atoms with Crippen molar-refractivity contribution < 1.29 is 9.84 Å². The SMILES string of the molecule is COc1ccccc1C1CC(NCCCC(C)CO)C1. The number of ether oxygens (including phenoxy) is 1. The standard InChI is InChI=1S/C17H27NO2/c1-13(12-19)6-5-9-18-15-10-14(11-15)16-7-3-4-8-17(16)20-2/h3-4,7-8,13-15,18-19H,5-6,9-12H2,1-2H3. The molecule has 1 atom stereocenters. The summed E-state index contributed by atoms with van der Waals surface area (Å²) in [5.41, 5.74) is 1.35. The number of hydrogen-bond donors (Lipinski definition) is 2. The van der Waals surface area contributed by atoms with Gasteiger partial charge >= 0.3 is 0 Å². The lowest BCUT2D eigenvalue weighted by atomic mass is 9.75. The van der Waals surface area contributed by atoms with Crippen LogP contribution in [0, 0.1) is 5.92 Å². The molecule has 20 heavy (non-hydrogen) atoms. The van der Waals surface area contributed by atoms with Crippen LogP contribution in [0.5, 0.6) is 5.75 Å². The fraction of sp³-hybridized carbons (Fsp3) is 0.647. The van der Waals surface area contributed by atoms with E-state index in [0.29, 0.717) is 24.5 Å². The minimum atomic E-state index is 0.305. The van der Waals surface area contributed by atoms with Gasteiger partial charge in [-0.25, -0.2) is 0 Å². The number of benzene rings is 1. The molecule has 3 heteroatoms. The minimum Gasteiger partial charge on any atom is -0.496 e. The number of aliphatic hydroxyl groups excluding tert-OH is 1. The van der Waals surface area contributed by atoms with Crippen molar-refractivity contribution in [2.24, 2.45) is 5.92 Å². The van der Waals surface area contributed by atoms with Crippen LogP contribution in [0.25, 0.3) is 0 Å². The van der Waals surface area contributed by atoms with Gasteiger partial charge in [0, 0.05) is 12.6 Å². The lowest BCUT2D eigenvalue weighted by molar-refractivity contribution is 0.224. The van der Waals surface area contributed by atoms with Crippen LogP contribution in [-0.2, 0) is 0 Å². The molecule has 2 rings (SSSR count). The van der Waals surface area contributed by atoms with Crippen LogP contribution in [0.15, 0.2) is 24.3 Å². The molecule has 3 nitrogen and oxygen atoms in total. The molecular weight excluding hydrogens is 250 g/mol. The molecule has 1 aromatic carbocycles. The molecule has 1 saturated carbocycles. The first kappa shape index (κ1) is 15.3. The van der Waals surface area contributed by atoms with Crippen molar-refractivity contribution >= 4 is 0 Å². The van der Waals surface area contributed by atoms with Crippen molar-refractivity contribution in [3.05, 3.63) is 29.8 Å². The lowest BCUT2D eigenvalue weighted by Gasteiger charge is -2.37. The normalized spacial score (nSPS) is 23.1. The van der Waals surface area contributed by atoms with Gasteiger partial charge in [0.05, 0.1) is 7.11 Å². The predicted octanol–water partition coefficient (Wildman–Crippen LogP) is 2.94. The van der Waals surface area contributed by atoms with E-state index in [1.165, 1.54) is 18.4 Å². The summed E-state index contributed by atoms with van der Waals surface area (Å²) in [6, 6.07) is 9.00. The highest BCUT2D eigenvalue weighted by molar-refractivity contribution is 5.37. The van der Waals surface area contributed by atoms with Crippen molar-refractivity contribution in [2.45, 2.75) is 44.6 Å². The monoisotopic (exact) mass is 277 g/mol. The number of hydrogen-bond acceptors (Lipinski definition) is 3. The van der Waals surface area contributed by atoms with Crippen LogP contribution < -0.4 is 10.1 Å². The molecule has 1 aliphatic carbocycles. The third-order valence-corrected chi connectivity index (χ3v) is 4.34. The van der Waals surface area contributed by atoms with Gasteiger partial charge in [0.25, 0.3) is 0 Å². The second-order valence-corrected chi connectivity index (χ2v) is 5.99. The zero-order valence-electron chi connectivity index (χ0n) is 12.6. The Bertz CT molecular complexity index is 402. The Morgan fingerprint density at radius 1 is 1.35 bits per heavy atom. The number of methoxy groups -OCH3 is 1. The highest BCUT2D eigenvalue weighted by Gasteiger charge is 2.31. The van der Waals surface area contributed by atoms with E-state index in [0.717, 1.165) is 25.1 Å². The van der Waals surface area contributed by atoms with E-state index in [9.17, 15) is 0 Å². The predicted molar refractivity (Wildman–Crippen MR) is 82.2 cm³/mol. The average molecular weight is 277 g/mol. The maximum Gasteiger partial charge on any atom is 0.122 e. The molecule has 0 aliphatic heterocycles. The zero-order valence-corrected chi connectivity index (χ0v) is 12.6. The second-order valence-electron chi connectivity index (χ2n) is 5.99. The first-order chi connectivity index (χ1) is 9.74. The van der Waals surface area contributed by atoms with Gasteiger partial charge in [0.1, 0.15) is 5.75 Å². The molecule has 0 radical (unpaired) electrons. The summed E-state index contributed by atoms with van der Waals surface area (Å²) < 4.78 is 5.43. The molecular formula is C17H27NO2. The molecule has 2 N–H and O–H groups in total. The van der Waals surface area contributed by atoms with Gasteiger partial charge in [-0.15, -0.1) is 0 Å². The van der Waals surface area contributed by atoms with E-state index in [4.69, 9.17) is 9.84 Å². The first-order valence-electron chi connectivity index (χ1n) is 7.71. The second kappa shape index (κ2) is 7.65. The van der Waals surface area contributed by atoms with Crippen molar-refractivity contribution in [3.63, 3.8) is 0 Å². The number of nitrogens with one attached hydrogen (secondary N) is 1. The van der Waals surface area contributed by atoms with Crippen LogP contribution in [0.4, 0.5) is 0 Å². The zero-order chi connectivity index (χ0) is 14.4. The van der Waals surface area contributed by atoms with Gasteiger partial charge in [-0.05, 0) is 55.7 Å². The molecule has 1 fully saturated rings. The van der Waals surface area contributed by atoms with Gasteiger partial charge < -0.3 is 15.2 Å². The quantitative estimate of drug-likeness (QED) is 0.718. The van der Waals surface area contributed by atoms with E-state index in [1.54, 1.807) is 7.11 Å². The van der Waals surface area contributed by atoms with Crippen LogP contribution >= 0.6 is 0 Å². The Balaban J connectivity index is 1.67. The van der Waals surface area contributed by atoms with Crippen molar-refractivity contribution in [1.29, 1.82) is 0 Å². The van der Waals surface area contributed by atoms with E-state index in [1.807, 2.05) is 12.1 Å². The third kappa shape index (κ3) is 3.97. The maximum absolute atomic E-state index is 8.98. The summed E-state index contributed by atoms with van der Waals surface area (Å²) in [7, 11) is 1.75. The van der Waals surface area contributed by atoms with Crippen LogP contribution in [0.2, 0.25) is 0 Å². The molecule has 0 amide bonds. The molecule has 1 unspecified atom stereocenters. The number of rotatable bonds is 8. The number of para-hydroxylation sites is 1. The van der Waals surface area contributed by atoms with E-state index in [2.05, 4.69) is 24.4 Å². The molecule has 1 aromatic rings. The van der Waals surface area contributed by atoms with E-state index >= 15 is 0 Å². The summed E-state index contributed by atoms with van der Waals surface area (Å²) in [5.74, 6) is 2.09. The van der Waals surface area contributed by atoms with Gasteiger partial charge in [-0.1, -0.05) is 25.1 Å². The maximum atomic E-state index is 8.98. The fourth-order valence-electron chi connectivity index (χ4n) is 2.89. The molecule has 0 saturated heterocycles. The Morgan fingerprint density at radius 2 is 2.10 bits per heavy atom. The van der Waals surface area contributed by atoms with E-state index in [-0.39, 0.29) is 0 Å². The fourth-order valence-corrected chi connectivity index (χ4v) is 2.89. The summed E-state index contributed by atoms with van der Waals surface area (Å²) in [6.45, 7) is 3.47. The first-order valence-corrected chi connectivity index (χ1v) is 7.71. The van der Waals surface area contributed by atoms with Gasteiger partial charge in [0.15, 0.2) is 0 Å². The van der Waals surface area contributed by atoms with E-state index < -0.39 is 0 Å². The number of aliphatic hydroxyl groups is 1. The third-order valence-electron chi connectivity index (χ3n) is 4.34. The van der Waals surface area contributed by atoms with Crippen molar-refractivity contribution in [3.8, 4) is 5.75 Å². The van der Waals surface area contributed by atoms with Crippen molar-refractivity contribution in [2.75, 3.05) is 20.3 Å². The molecule has 1 aliphatic rings. The molecule has 0 heterocycles. The minimum absolute atomic E-state index is 0.305. The van der Waals surface area contributed by atoms with Gasteiger partial charge in [-0.3, -0.25) is 0 Å². The Hall–Kier alpha value is -1.06. The van der Waals surface area contributed by atoms with Gasteiger partial charge in [-0.2, -0.15) is 0 Å². The van der Waals surface area contributed by atoms with Crippen LogP contribution in [-0.4, -0.2) is 31.4 Å². The Morgan fingerprint density at radius 3 is 2.80 bits per heavy atom. The Labute approximate surface area is 122 Å². The summed E-state index contributed by atoms with van der Waals surface area (Å²) in [4.78, 5) is 0. The molecule has 0 aromatic heterocycles. The van der Waals surface area contributed by atoms with Crippen LogP contribution in [0.3, 0.4) is 0 Å². The topological polar surface area (TPSA) is 41.5 Å². The molecule has 112 valence electrons. The van der Waals surface area contributed by atoms with Gasteiger partial charge in [0.2, 0.25) is 0 Å². The lowest BCUT2D eigenvalue weighted by Crippen LogP contribution is -2.40. The summed E-state index contributed by atoms with van der Waals surface area (Å²) >= 11 is 0. The smallest absolute Gasteiger partial charge is 0.122 e.